The second kappa shape index (κ2) is 5.09. The molecule has 5 heteroatoms. The molecule has 4 rings (SSSR count). The van der Waals surface area contributed by atoms with Crippen LogP contribution in [0.5, 0.6) is 0 Å². The SMILES string of the molecule is O=C(NCc1nc2ccccc2c(=O)[nH]1)[C@@H]1C[C@@H]2C=C[C@H]1C2. The highest BCUT2D eigenvalue weighted by Gasteiger charge is 2.39. The first-order valence-corrected chi connectivity index (χ1v) is 7.64. The summed E-state index contributed by atoms with van der Waals surface area (Å²) in [5.74, 6) is 1.58. The number of carbonyl (C=O) groups is 1. The predicted octanol–water partition coefficient (Wildman–Crippen LogP) is 1.75. The van der Waals surface area contributed by atoms with E-state index in [1.165, 1.54) is 0 Å². The van der Waals surface area contributed by atoms with Crippen molar-refractivity contribution in [2.75, 3.05) is 0 Å². The number of allylic oxidation sites excluding steroid dienone is 2. The first kappa shape index (κ1) is 13.2. The Kier molecular flexibility index (Phi) is 3.06. The molecule has 22 heavy (non-hydrogen) atoms. The first-order chi connectivity index (χ1) is 10.7. The largest absolute Gasteiger partial charge is 0.349 e. The lowest BCUT2D eigenvalue weighted by atomic mass is 9.93. The molecule has 1 aromatic heterocycles. The number of rotatable bonds is 3. The van der Waals surface area contributed by atoms with E-state index in [1.54, 1.807) is 12.1 Å². The number of hydrogen-bond donors (Lipinski definition) is 2. The monoisotopic (exact) mass is 295 g/mol. The Labute approximate surface area is 127 Å². The van der Waals surface area contributed by atoms with Crippen molar-refractivity contribution in [1.29, 1.82) is 0 Å². The molecule has 0 saturated heterocycles. The molecule has 1 heterocycles. The summed E-state index contributed by atoms with van der Waals surface area (Å²) < 4.78 is 0. The molecule has 2 bridgehead atoms. The molecule has 2 aromatic rings. The number of amides is 1. The normalized spacial score (nSPS) is 25.7. The molecule has 0 radical (unpaired) electrons. The van der Waals surface area contributed by atoms with Gasteiger partial charge in [0, 0.05) is 5.92 Å². The van der Waals surface area contributed by atoms with E-state index in [2.05, 4.69) is 27.4 Å². The maximum Gasteiger partial charge on any atom is 0.258 e. The number of fused-ring (bicyclic) bond motifs is 3. The summed E-state index contributed by atoms with van der Waals surface area (Å²) in [6.45, 7) is 0.260. The lowest BCUT2D eigenvalue weighted by Crippen LogP contribution is -2.33. The van der Waals surface area contributed by atoms with Gasteiger partial charge in [-0.1, -0.05) is 24.3 Å². The van der Waals surface area contributed by atoms with E-state index >= 15 is 0 Å². The Morgan fingerprint density at radius 2 is 2.14 bits per heavy atom. The lowest BCUT2D eigenvalue weighted by Gasteiger charge is -2.17. The van der Waals surface area contributed by atoms with Gasteiger partial charge in [0.05, 0.1) is 17.4 Å². The number of hydrogen-bond acceptors (Lipinski definition) is 3. The number of para-hydroxylation sites is 1. The van der Waals surface area contributed by atoms with Crippen LogP contribution in [0.15, 0.2) is 41.2 Å². The van der Waals surface area contributed by atoms with Crippen LogP contribution in [0.3, 0.4) is 0 Å². The van der Waals surface area contributed by atoms with E-state index in [9.17, 15) is 9.59 Å². The highest BCUT2D eigenvalue weighted by atomic mass is 16.2. The van der Waals surface area contributed by atoms with Gasteiger partial charge in [-0.05, 0) is 36.8 Å². The van der Waals surface area contributed by atoms with E-state index in [0.29, 0.717) is 28.6 Å². The van der Waals surface area contributed by atoms with Crippen molar-refractivity contribution in [3.8, 4) is 0 Å². The molecule has 5 nitrogen and oxygen atoms in total. The molecule has 0 aliphatic heterocycles. The maximum atomic E-state index is 12.3. The third-order valence-corrected chi connectivity index (χ3v) is 4.71. The zero-order valence-electron chi connectivity index (χ0n) is 12.1. The van der Waals surface area contributed by atoms with Gasteiger partial charge < -0.3 is 10.3 Å². The molecular weight excluding hydrogens is 278 g/mol. The van der Waals surface area contributed by atoms with Crippen LogP contribution in [0.1, 0.15) is 18.7 Å². The van der Waals surface area contributed by atoms with Crippen molar-refractivity contribution in [3.05, 3.63) is 52.6 Å². The quantitative estimate of drug-likeness (QED) is 0.847. The fourth-order valence-corrected chi connectivity index (χ4v) is 3.60. The standard InChI is InChI=1S/C17H17N3O2/c21-16(13-8-10-5-6-11(13)7-10)18-9-15-19-14-4-2-1-3-12(14)17(22)20-15/h1-6,10-11,13H,7-9H2,(H,18,21)(H,19,20,22)/t10-,11+,13-/m1/s1. The molecule has 2 aliphatic carbocycles. The van der Waals surface area contributed by atoms with Crippen LogP contribution in [0, 0.1) is 17.8 Å². The van der Waals surface area contributed by atoms with Crippen molar-refractivity contribution in [2.24, 2.45) is 17.8 Å². The zero-order valence-corrected chi connectivity index (χ0v) is 12.1. The van der Waals surface area contributed by atoms with Crippen LogP contribution >= 0.6 is 0 Å². The minimum absolute atomic E-state index is 0.0626. The van der Waals surface area contributed by atoms with Gasteiger partial charge in [0.15, 0.2) is 0 Å². The number of carbonyl (C=O) groups excluding carboxylic acids is 1. The number of nitrogens with zero attached hydrogens (tertiary/aromatic N) is 1. The first-order valence-electron chi connectivity index (χ1n) is 7.64. The van der Waals surface area contributed by atoms with Crippen molar-refractivity contribution in [3.63, 3.8) is 0 Å². The summed E-state index contributed by atoms with van der Waals surface area (Å²) in [6.07, 6.45) is 6.42. The smallest absolute Gasteiger partial charge is 0.258 e. The van der Waals surface area contributed by atoms with E-state index < -0.39 is 0 Å². The average molecular weight is 295 g/mol. The molecular formula is C17H17N3O2. The third-order valence-electron chi connectivity index (χ3n) is 4.71. The second-order valence-corrected chi connectivity index (χ2v) is 6.13. The van der Waals surface area contributed by atoms with Gasteiger partial charge >= 0.3 is 0 Å². The highest BCUT2D eigenvalue weighted by Crippen LogP contribution is 2.43. The molecule has 112 valence electrons. The van der Waals surface area contributed by atoms with Gasteiger partial charge in [0.2, 0.25) is 5.91 Å². The summed E-state index contributed by atoms with van der Waals surface area (Å²) in [5.41, 5.74) is 0.482. The molecule has 1 saturated carbocycles. The van der Waals surface area contributed by atoms with Crippen molar-refractivity contribution >= 4 is 16.8 Å². The van der Waals surface area contributed by atoms with Crippen LogP contribution in [0.4, 0.5) is 0 Å². The fraction of sp³-hybridized carbons (Fsp3) is 0.353. The Hall–Kier alpha value is -2.43. The number of H-pyrrole nitrogens is 1. The highest BCUT2D eigenvalue weighted by molar-refractivity contribution is 5.80. The van der Waals surface area contributed by atoms with Crippen molar-refractivity contribution < 1.29 is 4.79 Å². The Balaban J connectivity index is 1.49. The van der Waals surface area contributed by atoms with Gasteiger partial charge in [-0.2, -0.15) is 0 Å². The van der Waals surface area contributed by atoms with Crippen molar-refractivity contribution in [2.45, 2.75) is 19.4 Å². The molecule has 2 N–H and O–H groups in total. The van der Waals surface area contributed by atoms with Crippen LogP contribution in [-0.2, 0) is 11.3 Å². The topological polar surface area (TPSA) is 74.8 Å². The van der Waals surface area contributed by atoms with Crippen LogP contribution in [-0.4, -0.2) is 15.9 Å². The Morgan fingerprint density at radius 3 is 2.91 bits per heavy atom. The zero-order chi connectivity index (χ0) is 15.1. The minimum Gasteiger partial charge on any atom is -0.349 e. The predicted molar refractivity (Wildman–Crippen MR) is 83.1 cm³/mol. The maximum absolute atomic E-state index is 12.3. The summed E-state index contributed by atoms with van der Waals surface area (Å²) in [5, 5.41) is 3.48. The summed E-state index contributed by atoms with van der Waals surface area (Å²) >= 11 is 0. The van der Waals surface area contributed by atoms with Crippen molar-refractivity contribution in [1.82, 2.24) is 15.3 Å². The Bertz CT molecular complexity index is 824. The fourth-order valence-electron chi connectivity index (χ4n) is 3.60. The average Bonchev–Trinajstić information content (AvgIpc) is 3.16. The van der Waals surface area contributed by atoms with Gasteiger partial charge in [0.1, 0.15) is 5.82 Å². The van der Waals surface area contributed by atoms with Gasteiger partial charge in [0.25, 0.3) is 5.56 Å². The van der Waals surface area contributed by atoms with E-state index in [1.807, 2.05) is 12.1 Å². The molecule has 1 amide bonds. The lowest BCUT2D eigenvalue weighted by molar-refractivity contribution is -0.125. The van der Waals surface area contributed by atoms with Gasteiger partial charge in [-0.25, -0.2) is 4.98 Å². The number of aromatic amines is 1. The minimum atomic E-state index is -0.169. The molecule has 2 aliphatic rings. The van der Waals surface area contributed by atoms with Crippen LogP contribution in [0.25, 0.3) is 10.9 Å². The third kappa shape index (κ3) is 2.22. The molecule has 3 atom stereocenters. The molecule has 0 unspecified atom stereocenters. The van der Waals surface area contributed by atoms with Gasteiger partial charge in [-0.15, -0.1) is 0 Å². The summed E-state index contributed by atoms with van der Waals surface area (Å²) in [7, 11) is 0. The molecule has 1 aromatic carbocycles. The molecule has 1 fully saturated rings. The summed E-state index contributed by atoms with van der Waals surface area (Å²) in [6, 6.07) is 7.20. The molecule has 0 spiro atoms. The number of benzene rings is 1. The van der Waals surface area contributed by atoms with E-state index in [4.69, 9.17) is 0 Å². The summed E-state index contributed by atoms with van der Waals surface area (Å²) in [4.78, 5) is 31.4. The second-order valence-electron chi connectivity index (χ2n) is 6.13. The Morgan fingerprint density at radius 1 is 1.27 bits per heavy atom. The van der Waals surface area contributed by atoms with E-state index in [-0.39, 0.29) is 23.9 Å². The number of aromatic nitrogens is 2. The van der Waals surface area contributed by atoms with Crippen LogP contribution < -0.4 is 10.9 Å². The number of nitrogens with one attached hydrogen (secondary N) is 2. The van der Waals surface area contributed by atoms with E-state index in [0.717, 1.165) is 12.8 Å². The van der Waals surface area contributed by atoms with Gasteiger partial charge in [-0.3, -0.25) is 9.59 Å². The van der Waals surface area contributed by atoms with Crippen LogP contribution in [0.2, 0.25) is 0 Å².